The van der Waals surface area contributed by atoms with Gasteiger partial charge in [-0.25, -0.2) is 17.9 Å². The molecule has 1 aromatic rings. The van der Waals surface area contributed by atoms with Gasteiger partial charge >= 0.3 is 5.97 Å². The summed E-state index contributed by atoms with van der Waals surface area (Å²) in [6.45, 7) is 3.72. The molecule has 1 aromatic carbocycles. The van der Waals surface area contributed by atoms with Gasteiger partial charge in [0.25, 0.3) is 0 Å². The third-order valence-corrected chi connectivity index (χ3v) is 4.75. The Kier molecular flexibility index (Phi) is 6.60. The van der Waals surface area contributed by atoms with Gasteiger partial charge in [0.15, 0.2) is 0 Å². The van der Waals surface area contributed by atoms with Crippen molar-refractivity contribution >= 4 is 27.6 Å². The van der Waals surface area contributed by atoms with E-state index in [1.54, 1.807) is 0 Å². The van der Waals surface area contributed by atoms with Crippen molar-refractivity contribution in [2.75, 3.05) is 33.8 Å². The van der Waals surface area contributed by atoms with Gasteiger partial charge in [0.2, 0.25) is 10.0 Å². The van der Waals surface area contributed by atoms with Crippen LogP contribution in [0.3, 0.4) is 0 Å². The molecule has 0 fully saturated rings. The number of carbonyl (C=O) groups is 1. The standard InChI is InChI=1S/C13H19ClN2O4S/c1-4-16(2)8-7-15-21(18,19)10-5-6-11(12(14)9-10)13(17)20-3/h5-6,9,15H,4,7-8H2,1-3H3. The molecule has 1 N–H and O–H groups in total. The molecule has 0 spiro atoms. The van der Waals surface area contributed by atoms with E-state index in [2.05, 4.69) is 9.46 Å². The number of likely N-dealkylation sites (N-methyl/N-ethyl adjacent to an activating group) is 1. The molecule has 0 saturated heterocycles. The van der Waals surface area contributed by atoms with Crippen molar-refractivity contribution in [3.63, 3.8) is 0 Å². The lowest BCUT2D eigenvalue weighted by Crippen LogP contribution is -2.32. The Balaban J connectivity index is 2.85. The molecule has 21 heavy (non-hydrogen) atoms. The van der Waals surface area contributed by atoms with Gasteiger partial charge in [0.1, 0.15) is 0 Å². The summed E-state index contributed by atoms with van der Waals surface area (Å²) in [5, 5.41) is 0.0374. The maximum Gasteiger partial charge on any atom is 0.339 e. The molecule has 0 bridgehead atoms. The van der Waals surface area contributed by atoms with Gasteiger partial charge in [-0.2, -0.15) is 0 Å². The van der Waals surface area contributed by atoms with E-state index >= 15 is 0 Å². The molecule has 118 valence electrons. The smallest absolute Gasteiger partial charge is 0.339 e. The maximum atomic E-state index is 12.1. The number of benzene rings is 1. The summed E-state index contributed by atoms with van der Waals surface area (Å²) in [5.74, 6) is -0.610. The maximum absolute atomic E-state index is 12.1. The minimum Gasteiger partial charge on any atom is -0.465 e. The Labute approximate surface area is 130 Å². The third-order valence-electron chi connectivity index (χ3n) is 2.98. The Bertz CT molecular complexity index is 604. The van der Waals surface area contributed by atoms with E-state index in [4.69, 9.17) is 11.6 Å². The molecule has 0 unspecified atom stereocenters. The Hall–Kier alpha value is -1.15. The summed E-state index contributed by atoms with van der Waals surface area (Å²) < 4.78 is 31.2. The van der Waals surface area contributed by atoms with E-state index in [1.165, 1.54) is 25.3 Å². The van der Waals surface area contributed by atoms with Crippen LogP contribution in [0.5, 0.6) is 0 Å². The van der Waals surface area contributed by atoms with Gasteiger partial charge in [-0.05, 0) is 31.8 Å². The number of halogens is 1. The second-order valence-electron chi connectivity index (χ2n) is 4.43. The van der Waals surface area contributed by atoms with Crippen LogP contribution in [0.15, 0.2) is 23.1 Å². The third kappa shape index (κ3) is 4.96. The average Bonchev–Trinajstić information content (AvgIpc) is 2.45. The summed E-state index contributed by atoms with van der Waals surface area (Å²) in [5.41, 5.74) is 0.129. The molecule has 0 aliphatic heterocycles. The summed E-state index contributed by atoms with van der Waals surface area (Å²) in [7, 11) is -0.519. The first kappa shape index (κ1) is 17.9. The summed E-state index contributed by atoms with van der Waals surface area (Å²) in [4.78, 5) is 13.4. The molecule has 0 aliphatic rings. The highest BCUT2D eigenvalue weighted by atomic mass is 35.5. The molecule has 0 heterocycles. The number of hydrogen-bond donors (Lipinski definition) is 1. The average molecular weight is 335 g/mol. The summed E-state index contributed by atoms with van der Waals surface area (Å²) in [6, 6.07) is 3.89. The Morgan fingerprint density at radius 2 is 2.10 bits per heavy atom. The quantitative estimate of drug-likeness (QED) is 0.762. The zero-order chi connectivity index (χ0) is 16.0. The van der Waals surface area contributed by atoms with Gasteiger partial charge in [-0.3, -0.25) is 0 Å². The van der Waals surface area contributed by atoms with Crippen LogP contribution < -0.4 is 4.72 Å². The van der Waals surface area contributed by atoms with Crippen LogP contribution in [0.2, 0.25) is 5.02 Å². The topological polar surface area (TPSA) is 75.7 Å². The van der Waals surface area contributed by atoms with Crippen LogP contribution in [0.1, 0.15) is 17.3 Å². The second-order valence-corrected chi connectivity index (χ2v) is 6.60. The lowest BCUT2D eigenvalue weighted by molar-refractivity contribution is 0.0601. The molecular weight excluding hydrogens is 316 g/mol. The van der Waals surface area contributed by atoms with Crippen LogP contribution >= 0.6 is 11.6 Å². The van der Waals surface area contributed by atoms with Crippen LogP contribution in [0.25, 0.3) is 0 Å². The van der Waals surface area contributed by atoms with Crippen LogP contribution in [0, 0.1) is 0 Å². The van der Waals surface area contributed by atoms with Gasteiger partial charge in [-0.15, -0.1) is 0 Å². The highest BCUT2D eigenvalue weighted by Crippen LogP contribution is 2.21. The highest BCUT2D eigenvalue weighted by molar-refractivity contribution is 7.89. The molecule has 0 radical (unpaired) electrons. The molecule has 0 saturated carbocycles. The number of esters is 1. The zero-order valence-corrected chi connectivity index (χ0v) is 13.8. The first-order valence-electron chi connectivity index (χ1n) is 6.38. The SMILES string of the molecule is CCN(C)CCNS(=O)(=O)c1ccc(C(=O)OC)c(Cl)c1. The number of nitrogens with zero attached hydrogens (tertiary/aromatic N) is 1. The van der Waals surface area contributed by atoms with Crippen LogP contribution in [-0.4, -0.2) is 53.1 Å². The fourth-order valence-corrected chi connectivity index (χ4v) is 2.92. The predicted molar refractivity (Wildman–Crippen MR) is 81.2 cm³/mol. The van der Waals surface area contributed by atoms with E-state index in [0.717, 1.165) is 6.54 Å². The number of nitrogens with one attached hydrogen (secondary N) is 1. The van der Waals surface area contributed by atoms with Crippen molar-refractivity contribution in [2.45, 2.75) is 11.8 Å². The van der Waals surface area contributed by atoms with Gasteiger partial charge in [-0.1, -0.05) is 18.5 Å². The number of methoxy groups -OCH3 is 1. The van der Waals surface area contributed by atoms with E-state index in [-0.39, 0.29) is 15.5 Å². The largest absolute Gasteiger partial charge is 0.465 e. The first-order valence-corrected chi connectivity index (χ1v) is 8.24. The fourth-order valence-electron chi connectivity index (χ4n) is 1.55. The number of sulfonamides is 1. The minimum absolute atomic E-state index is 0.0132. The Morgan fingerprint density at radius 3 is 2.62 bits per heavy atom. The zero-order valence-electron chi connectivity index (χ0n) is 12.2. The molecular formula is C13H19ClN2O4S. The predicted octanol–water partition coefficient (Wildman–Crippen LogP) is 1.36. The van der Waals surface area contributed by atoms with Crippen molar-refractivity contribution in [1.29, 1.82) is 0 Å². The molecule has 0 aliphatic carbocycles. The van der Waals surface area contributed by atoms with Crippen molar-refractivity contribution < 1.29 is 17.9 Å². The molecule has 0 atom stereocenters. The van der Waals surface area contributed by atoms with Crippen molar-refractivity contribution in [2.24, 2.45) is 0 Å². The lowest BCUT2D eigenvalue weighted by Gasteiger charge is -2.14. The number of hydrogen-bond acceptors (Lipinski definition) is 5. The first-order chi connectivity index (χ1) is 9.81. The Morgan fingerprint density at radius 1 is 1.43 bits per heavy atom. The van der Waals surface area contributed by atoms with Gasteiger partial charge < -0.3 is 9.64 Å². The highest BCUT2D eigenvalue weighted by Gasteiger charge is 2.18. The van der Waals surface area contributed by atoms with E-state index < -0.39 is 16.0 Å². The van der Waals surface area contributed by atoms with Crippen LogP contribution in [0.4, 0.5) is 0 Å². The molecule has 1 rings (SSSR count). The normalized spacial score (nSPS) is 11.7. The van der Waals surface area contributed by atoms with Gasteiger partial charge in [0, 0.05) is 13.1 Å². The fraction of sp³-hybridized carbons (Fsp3) is 0.462. The molecule has 6 nitrogen and oxygen atoms in total. The van der Waals surface area contributed by atoms with Gasteiger partial charge in [0.05, 0.1) is 22.6 Å². The van der Waals surface area contributed by atoms with Crippen molar-refractivity contribution in [3.8, 4) is 0 Å². The monoisotopic (exact) mass is 334 g/mol. The van der Waals surface area contributed by atoms with E-state index in [1.807, 2.05) is 18.9 Å². The van der Waals surface area contributed by atoms with E-state index in [0.29, 0.717) is 13.1 Å². The molecule has 0 aromatic heterocycles. The molecule has 0 amide bonds. The molecule has 8 heteroatoms. The number of ether oxygens (including phenoxy) is 1. The minimum atomic E-state index is -3.65. The summed E-state index contributed by atoms with van der Waals surface area (Å²) in [6.07, 6.45) is 0. The second kappa shape index (κ2) is 7.74. The van der Waals surface area contributed by atoms with Crippen molar-refractivity contribution in [3.05, 3.63) is 28.8 Å². The summed E-state index contributed by atoms with van der Waals surface area (Å²) >= 11 is 5.91. The van der Waals surface area contributed by atoms with Crippen LogP contribution in [-0.2, 0) is 14.8 Å². The number of carbonyl (C=O) groups excluding carboxylic acids is 1. The van der Waals surface area contributed by atoms with E-state index in [9.17, 15) is 13.2 Å². The van der Waals surface area contributed by atoms with Crippen molar-refractivity contribution in [1.82, 2.24) is 9.62 Å². The number of rotatable bonds is 7. The lowest BCUT2D eigenvalue weighted by atomic mass is 10.2.